The van der Waals surface area contributed by atoms with Crippen molar-refractivity contribution < 1.29 is 4.79 Å². The predicted molar refractivity (Wildman–Crippen MR) is 74.4 cm³/mol. The van der Waals surface area contributed by atoms with E-state index in [0.29, 0.717) is 13.0 Å². The Bertz CT molecular complexity index is 561. The molecule has 0 radical (unpaired) electrons. The van der Waals surface area contributed by atoms with E-state index in [0.717, 1.165) is 22.3 Å². The molecular formula is C16H17NO. The Hall–Kier alpha value is -1.93. The molecule has 2 aromatic rings. The van der Waals surface area contributed by atoms with Gasteiger partial charge in [-0.1, -0.05) is 55.5 Å². The van der Waals surface area contributed by atoms with E-state index in [2.05, 4.69) is 0 Å². The van der Waals surface area contributed by atoms with E-state index in [1.807, 2.05) is 55.5 Å². The van der Waals surface area contributed by atoms with Crippen molar-refractivity contribution in [1.82, 2.24) is 0 Å². The standard InChI is InChI=1S/C16H17NO/c1-2-16(18)15-10-6-5-9-14(15)13-8-4-3-7-12(13)11-17/h3-10H,2,11,17H2,1H3. The fraction of sp³-hybridized carbons (Fsp3) is 0.188. The molecular weight excluding hydrogens is 222 g/mol. The quantitative estimate of drug-likeness (QED) is 0.831. The van der Waals surface area contributed by atoms with Crippen LogP contribution in [0, 0.1) is 0 Å². The maximum absolute atomic E-state index is 12.0. The van der Waals surface area contributed by atoms with Gasteiger partial charge in [0.15, 0.2) is 5.78 Å². The maximum atomic E-state index is 12.0. The van der Waals surface area contributed by atoms with Crippen molar-refractivity contribution in [2.24, 2.45) is 5.73 Å². The van der Waals surface area contributed by atoms with E-state index in [9.17, 15) is 4.79 Å². The molecule has 0 atom stereocenters. The Morgan fingerprint density at radius 1 is 1.00 bits per heavy atom. The van der Waals surface area contributed by atoms with Gasteiger partial charge in [-0.3, -0.25) is 4.79 Å². The smallest absolute Gasteiger partial charge is 0.163 e. The molecule has 2 rings (SSSR count). The molecule has 0 aliphatic rings. The van der Waals surface area contributed by atoms with Crippen molar-refractivity contribution in [2.75, 3.05) is 0 Å². The monoisotopic (exact) mass is 239 g/mol. The van der Waals surface area contributed by atoms with Crippen molar-refractivity contribution >= 4 is 5.78 Å². The molecule has 0 bridgehead atoms. The lowest BCUT2D eigenvalue weighted by Gasteiger charge is -2.11. The molecule has 18 heavy (non-hydrogen) atoms. The first kappa shape index (κ1) is 12.5. The third kappa shape index (κ3) is 2.34. The largest absolute Gasteiger partial charge is 0.326 e. The summed E-state index contributed by atoms with van der Waals surface area (Å²) in [5.74, 6) is 0.164. The van der Waals surface area contributed by atoms with Gasteiger partial charge < -0.3 is 5.73 Å². The van der Waals surface area contributed by atoms with Crippen molar-refractivity contribution in [2.45, 2.75) is 19.9 Å². The van der Waals surface area contributed by atoms with E-state index in [1.54, 1.807) is 0 Å². The van der Waals surface area contributed by atoms with Gasteiger partial charge in [-0.15, -0.1) is 0 Å². The zero-order valence-corrected chi connectivity index (χ0v) is 10.5. The molecule has 0 unspecified atom stereocenters. The molecule has 0 saturated carbocycles. The summed E-state index contributed by atoms with van der Waals surface area (Å²) in [7, 11) is 0. The molecule has 2 N–H and O–H groups in total. The van der Waals surface area contributed by atoms with Crippen molar-refractivity contribution in [3.05, 3.63) is 59.7 Å². The summed E-state index contributed by atoms with van der Waals surface area (Å²) >= 11 is 0. The van der Waals surface area contributed by atoms with Crippen LogP contribution in [0.4, 0.5) is 0 Å². The zero-order valence-electron chi connectivity index (χ0n) is 10.5. The first-order valence-corrected chi connectivity index (χ1v) is 6.18. The summed E-state index contributed by atoms with van der Waals surface area (Å²) in [6, 6.07) is 15.7. The number of hydrogen-bond acceptors (Lipinski definition) is 2. The Balaban J connectivity index is 2.60. The number of ketones is 1. The fourth-order valence-corrected chi connectivity index (χ4v) is 2.11. The minimum atomic E-state index is 0.164. The molecule has 0 aliphatic heterocycles. The number of Topliss-reactive ketones (excluding diaryl/α,β-unsaturated/α-hetero) is 1. The van der Waals surface area contributed by atoms with Crippen molar-refractivity contribution in [1.29, 1.82) is 0 Å². The van der Waals surface area contributed by atoms with Gasteiger partial charge in [-0.05, 0) is 16.7 Å². The topological polar surface area (TPSA) is 43.1 Å². The van der Waals surface area contributed by atoms with Gasteiger partial charge in [0, 0.05) is 18.5 Å². The minimum absolute atomic E-state index is 0.164. The molecule has 2 nitrogen and oxygen atoms in total. The van der Waals surface area contributed by atoms with Crippen LogP contribution in [-0.4, -0.2) is 5.78 Å². The molecule has 2 heteroatoms. The third-order valence-corrected chi connectivity index (χ3v) is 3.08. The summed E-state index contributed by atoms with van der Waals surface area (Å²) < 4.78 is 0. The molecule has 2 aromatic carbocycles. The lowest BCUT2D eigenvalue weighted by molar-refractivity contribution is 0.0989. The molecule has 0 heterocycles. The number of benzene rings is 2. The van der Waals surface area contributed by atoms with Gasteiger partial charge in [-0.2, -0.15) is 0 Å². The second-order valence-electron chi connectivity index (χ2n) is 4.18. The van der Waals surface area contributed by atoms with E-state index >= 15 is 0 Å². The lowest BCUT2D eigenvalue weighted by atomic mass is 9.93. The van der Waals surface area contributed by atoms with Crippen LogP contribution in [0.5, 0.6) is 0 Å². The number of carbonyl (C=O) groups excluding carboxylic acids is 1. The van der Waals surface area contributed by atoms with Gasteiger partial charge in [-0.25, -0.2) is 0 Å². The Morgan fingerprint density at radius 2 is 1.61 bits per heavy atom. The zero-order chi connectivity index (χ0) is 13.0. The first-order chi connectivity index (χ1) is 8.77. The Kier molecular flexibility index (Phi) is 3.90. The van der Waals surface area contributed by atoms with Gasteiger partial charge in [0.1, 0.15) is 0 Å². The maximum Gasteiger partial charge on any atom is 0.163 e. The van der Waals surface area contributed by atoms with Crippen LogP contribution in [0.3, 0.4) is 0 Å². The molecule has 0 aliphatic carbocycles. The van der Waals surface area contributed by atoms with Crippen LogP contribution in [0.2, 0.25) is 0 Å². The molecule has 0 saturated heterocycles. The third-order valence-electron chi connectivity index (χ3n) is 3.08. The number of carbonyl (C=O) groups is 1. The summed E-state index contributed by atoms with van der Waals surface area (Å²) in [6.45, 7) is 2.36. The van der Waals surface area contributed by atoms with Gasteiger partial charge in [0.25, 0.3) is 0 Å². The molecule has 0 aromatic heterocycles. The molecule has 0 fully saturated rings. The van der Waals surface area contributed by atoms with Crippen LogP contribution in [0.15, 0.2) is 48.5 Å². The summed E-state index contributed by atoms with van der Waals surface area (Å²) in [4.78, 5) is 12.0. The fourth-order valence-electron chi connectivity index (χ4n) is 2.11. The van der Waals surface area contributed by atoms with Gasteiger partial charge >= 0.3 is 0 Å². The number of nitrogens with two attached hydrogens (primary N) is 1. The number of rotatable bonds is 4. The van der Waals surface area contributed by atoms with Crippen LogP contribution in [-0.2, 0) is 6.54 Å². The molecule has 0 amide bonds. The normalized spacial score (nSPS) is 10.3. The molecule has 0 spiro atoms. The van der Waals surface area contributed by atoms with Crippen molar-refractivity contribution in [3.63, 3.8) is 0 Å². The summed E-state index contributed by atoms with van der Waals surface area (Å²) in [5, 5.41) is 0. The minimum Gasteiger partial charge on any atom is -0.326 e. The summed E-state index contributed by atoms with van der Waals surface area (Å²) in [5.41, 5.74) is 9.63. The van der Waals surface area contributed by atoms with E-state index in [1.165, 1.54) is 0 Å². The highest BCUT2D eigenvalue weighted by Gasteiger charge is 2.12. The second kappa shape index (κ2) is 5.61. The Morgan fingerprint density at radius 3 is 2.28 bits per heavy atom. The van der Waals surface area contributed by atoms with Crippen LogP contribution in [0.25, 0.3) is 11.1 Å². The highest BCUT2D eigenvalue weighted by Crippen LogP contribution is 2.27. The van der Waals surface area contributed by atoms with E-state index in [4.69, 9.17) is 5.73 Å². The second-order valence-corrected chi connectivity index (χ2v) is 4.18. The average molecular weight is 239 g/mol. The van der Waals surface area contributed by atoms with E-state index < -0.39 is 0 Å². The number of hydrogen-bond donors (Lipinski definition) is 1. The average Bonchev–Trinajstić information content (AvgIpc) is 2.46. The van der Waals surface area contributed by atoms with Crippen LogP contribution in [0.1, 0.15) is 29.3 Å². The van der Waals surface area contributed by atoms with Crippen molar-refractivity contribution in [3.8, 4) is 11.1 Å². The first-order valence-electron chi connectivity index (χ1n) is 6.18. The molecule has 92 valence electrons. The highest BCUT2D eigenvalue weighted by atomic mass is 16.1. The van der Waals surface area contributed by atoms with Crippen LogP contribution >= 0.6 is 0 Å². The highest BCUT2D eigenvalue weighted by molar-refractivity contribution is 6.02. The van der Waals surface area contributed by atoms with Crippen LogP contribution < -0.4 is 5.73 Å². The Labute approximate surface area is 107 Å². The lowest BCUT2D eigenvalue weighted by Crippen LogP contribution is -2.03. The summed E-state index contributed by atoms with van der Waals surface area (Å²) in [6.07, 6.45) is 0.516. The van der Waals surface area contributed by atoms with E-state index in [-0.39, 0.29) is 5.78 Å². The predicted octanol–water partition coefficient (Wildman–Crippen LogP) is 3.41. The SMILES string of the molecule is CCC(=O)c1ccccc1-c1ccccc1CN. The van der Waals surface area contributed by atoms with Gasteiger partial charge in [0.05, 0.1) is 0 Å². The van der Waals surface area contributed by atoms with Gasteiger partial charge in [0.2, 0.25) is 0 Å².